The molecule has 2 aromatic carbocycles. The zero-order valence-electron chi connectivity index (χ0n) is 14.9. The lowest BCUT2D eigenvalue weighted by atomic mass is 10.1. The number of amides is 1. The first-order valence-electron chi connectivity index (χ1n) is 8.48. The van der Waals surface area contributed by atoms with Crippen molar-refractivity contribution < 1.29 is 9.90 Å². The summed E-state index contributed by atoms with van der Waals surface area (Å²) in [7, 11) is 0. The van der Waals surface area contributed by atoms with Crippen LogP contribution >= 0.6 is 11.8 Å². The van der Waals surface area contributed by atoms with E-state index in [1.54, 1.807) is 18.2 Å². The Bertz CT molecular complexity index is 1170. The molecule has 1 amide bonds. The highest BCUT2D eigenvalue weighted by Gasteiger charge is 2.14. The number of pyridine rings is 1. The van der Waals surface area contributed by atoms with Gasteiger partial charge in [0, 0.05) is 11.8 Å². The molecule has 0 saturated heterocycles. The van der Waals surface area contributed by atoms with E-state index in [2.05, 4.69) is 39.8 Å². The summed E-state index contributed by atoms with van der Waals surface area (Å²) >= 11 is 1.33. The van der Waals surface area contributed by atoms with Crippen LogP contribution in [0.25, 0.3) is 16.6 Å². The van der Waals surface area contributed by atoms with Crippen LogP contribution in [0.4, 0.5) is 5.69 Å². The number of aromatic nitrogens is 3. The first-order valence-corrected chi connectivity index (χ1v) is 9.46. The van der Waals surface area contributed by atoms with Crippen molar-refractivity contribution in [2.24, 2.45) is 0 Å². The first kappa shape index (κ1) is 17.4. The highest BCUT2D eigenvalue weighted by Crippen LogP contribution is 2.26. The number of thioether (sulfide) groups is 1. The molecule has 0 unspecified atom stereocenters. The number of hydrogen-bond donors (Lipinski definition) is 2. The standard InChI is InChI=1S/C20H18N4O2S/c1-12-6-7-14-9-13(2)19-22-23-20(24(19)17(14)8-12)27-11-18(26)21-15-4-3-5-16(25)10-15/h3-10,25H,11H2,1-2H3,(H,21,26). The van der Waals surface area contributed by atoms with Crippen molar-refractivity contribution in [3.8, 4) is 5.75 Å². The van der Waals surface area contributed by atoms with Gasteiger partial charge in [0.05, 0.1) is 11.3 Å². The lowest BCUT2D eigenvalue weighted by molar-refractivity contribution is -0.113. The van der Waals surface area contributed by atoms with Crippen molar-refractivity contribution in [2.45, 2.75) is 19.0 Å². The second-order valence-electron chi connectivity index (χ2n) is 6.42. The number of rotatable bonds is 4. The van der Waals surface area contributed by atoms with Gasteiger partial charge in [-0.1, -0.05) is 30.0 Å². The third-order valence-corrected chi connectivity index (χ3v) is 5.18. The fourth-order valence-electron chi connectivity index (χ4n) is 3.01. The second kappa shape index (κ2) is 6.92. The molecule has 6 nitrogen and oxygen atoms in total. The van der Waals surface area contributed by atoms with Crippen molar-refractivity contribution in [2.75, 3.05) is 11.1 Å². The predicted octanol–water partition coefficient (Wildman–Crippen LogP) is 3.94. The minimum atomic E-state index is -0.171. The van der Waals surface area contributed by atoms with E-state index in [0.717, 1.165) is 27.7 Å². The Morgan fingerprint density at radius 3 is 2.81 bits per heavy atom. The van der Waals surface area contributed by atoms with Gasteiger partial charge < -0.3 is 10.4 Å². The number of aromatic hydroxyl groups is 1. The summed E-state index contributed by atoms with van der Waals surface area (Å²) in [6.07, 6.45) is 0. The SMILES string of the molecule is Cc1ccc2cc(C)c3nnc(SCC(=O)Nc4cccc(O)c4)n3c2c1. The molecule has 0 radical (unpaired) electrons. The number of carbonyl (C=O) groups is 1. The summed E-state index contributed by atoms with van der Waals surface area (Å²) < 4.78 is 2.00. The number of aryl methyl sites for hydroxylation is 2. The van der Waals surface area contributed by atoms with Gasteiger partial charge in [-0.3, -0.25) is 9.20 Å². The Balaban J connectivity index is 1.61. The Hall–Kier alpha value is -3.06. The number of benzene rings is 2. The summed E-state index contributed by atoms with van der Waals surface area (Å²) in [4.78, 5) is 12.3. The molecule has 2 N–H and O–H groups in total. The minimum Gasteiger partial charge on any atom is -0.508 e. The van der Waals surface area contributed by atoms with E-state index in [0.29, 0.717) is 10.8 Å². The van der Waals surface area contributed by atoms with Gasteiger partial charge >= 0.3 is 0 Å². The predicted molar refractivity (Wildman–Crippen MR) is 107 cm³/mol. The molecule has 2 aromatic heterocycles. The van der Waals surface area contributed by atoms with Gasteiger partial charge in [-0.25, -0.2) is 0 Å². The lowest BCUT2D eigenvalue weighted by Crippen LogP contribution is -2.14. The maximum Gasteiger partial charge on any atom is 0.234 e. The third-order valence-electron chi connectivity index (χ3n) is 4.25. The third kappa shape index (κ3) is 3.46. The van der Waals surface area contributed by atoms with Crippen LogP contribution in [0.2, 0.25) is 0 Å². The Morgan fingerprint density at radius 2 is 2.00 bits per heavy atom. The number of anilines is 1. The fourth-order valence-corrected chi connectivity index (χ4v) is 3.76. The Kier molecular flexibility index (Phi) is 4.45. The van der Waals surface area contributed by atoms with Gasteiger partial charge in [-0.15, -0.1) is 10.2 Å². The number of hydrogen-bond acceptors (Lipinski definition) is 5. The number of phenolic OH excluding ortho intramolecular Hbond substituents is 1. The van der Waals surface area contributed by atoms with Crippen LogP contribution in [0, 0.1) is 13.8 Å². The topological polar surface area (TPSA) is 79.5 Å². The molecular weight excluding hydrogens is 360 g/mol. The highest BCUT2D eigenvalue weighted by atomic mass is 32.2. The second-order valence-corrected chi connectivity index (χ2v) is 7.36. The largest absolute Gasteiger partial charge is 0.508 e. The van der Waals surface area contributed by atoms with E-state index in [1.165, 1.54) is 17.8 Å². The van der Waals surface area contributed by atoms with Crippen molar-refractivity contribution in [3.63, 3.8) is 0 Å². The number of phenols is 1. The molecule has 4 rings (SSSR count). The molecule has 2 heterocycles. The normalized spacial score (nSPS) is 11.2. The molecule has 0 atom stereocenters. The minimum absolute atomic E-state index is 0.112. The molecule has 27 heavy (non-hydrogen) atoms. The molecule has 0 saturated carbocycles. The van der Waals surface area contributed by atoms with Crippen LogP contribution in [-0.2, 0) is 4.79 Å². The number of fused-ring (bicyclic) bond motifs is 3. The van der Waals surface area contributed by atoms with Crippen molar-refractivity contribution in [3.05, 3.63) is 59.7 Å². The van der Waals surface area contributed by atoms with E-state index < -0.39 is 0 Å². The fraction of sp³-hybridized carbons (Fsp3) is 0.150. The van der Waals surface area contributed by atoms with E-state index in [1.807, 2.05) is 18.2 Å². The average molecular weight is 378 g/mol. The van der Waals surface area contributed by atoms with Crippen LogP contribution in [0.3, 0.4) is 0 Å². The Morgan fingerprint density at radius 1 is 1.15 bits per heavy atom. The summed E-state index contributed by atoms with van der Waals surface area (Å²) in [5.74, 6) is 0.134. The van der Waals surface area contributed by atoms with Crippen LogP contribution in [0.15, 0.2) is 53.7 Å². The molecule has 0 aliphatic heterocycles. The van der Waals surface area contributed by atoms with Gasteiger partial charge in [0.25, 0.3) is 0 Å². The smallest absolute Gasteiger partial charge is 0.234 e. The number of carbonyl (C=O) groups excluding carboxylic acids is 1. The van der Waals surface area contributed by atoms with Crippen LogP contribution in [-0.4, -0.2) is 31.4 Å². The molecular formula is C20H18N4O2S. The van der Waals surface area contributed by atoms with Crippen molar-refractivity contribution >= 4 is 39.9 Å². The zero-order valence-corrected chi connectivity index (χ0v) is 15.7. The molecule has 136 valence electrons. The van der Waals surface area contributed by atoms with E-state index in [-0.39, 0.29) is 17.4 Å². The molecule has 0 bridgehead atoms. The quantitative estimate of drug-likeness (QED) is 0.526. The first-order chi connectivity index (χ1) is 13.0. The average Bonchev–Trinajstić information content (AvgIpc) is 3.06. The van der Waals surface area contributed by atoms with Crippen molar-refractivity contribution in [1.29, 1.82) is 0 Å². The zero-order chi connectivity index (χ0) is 19.0. The maximum atomic E-state index is 12.3. The molecule has 0 fully saturated rings. The summed E-state index contributed by atoms with van der Waals surface area (Å²) in [6, 6.07) is 14.8. The number of nitrogens with one attached hydrogen (secondary N) is 1. The summed E-state index contributed by atoms with van der Waals surface area (Å²) in [5.41, 5.74) is 4.57. The van der Waals surface area contributed by atoms with Crippen LogP contribution < -0.4 is 5.32 Å². The van der Waals surface area contributed by atoms with E-state index in [4.69, 9.17) is 0 Å². The maximum absolute atomic E-state index is 12.3. The monoisotopic (exact) mass is 378 g/mol. The molecule has 0 spiro atoms. The summed E-state index contributed by atoms with van der Waals surface area (Å²) in [6.45, 7) is 4.05. The molecule has 7 heteroatoms. The van der Waals surface area contributed by atoms with Crippen LogP contribution in [0.5, 0.6) is 5.75 Å². The van der Waals surface area contributed by atoms with E-state index in [9.17, 15) is 9.90 Å². The molecule has 4 aromatic rings. The Labute approximate surface area is 160 Å². The van der Waals surface area contributed by atoms with Crippen LogP contribution in [0.1, 0.15) is 11.1 Å². The van der Waals surface area contributed by atoms with Crippen molar-refractivity contribution in [1.82, 2.24) is 14.6 Å². The van der Waals surface area contributed by atoms with Gasteiger partial charge in [0.15, 0.2) is 10.8 Å². The lowest BCUT2D eigenvalue weighted by Gasteiger charge is -2.08. The molecule has 0 aliphatic carbocycles. The van der Waals surface area contributed by atoms with E-state index >= 15 is 0 Å². The van der Waals surface area contributed by atoms with Gasteiger partial charge in [-0.2, -0.15) is 0 Å². The molecule has 0 aliphatic rings. The summed E-state index contributed by atoms with van der Waals surface area (Å²) in [5, 5.41) is 22.6. The van der Waals surface area contributed by atoms with Gasteiger partial charge in [-0.05, 0) is 54.6 Å². The highest BCUT2D eigenvalue weighted by molar-refractivity contribution is 7.99. The van der Waals surface area contributed by atoms with Gasteiger partial charge in [0.1, 0.15) is 5.75 Å². The number of nitrogens with zero attached hydrogens (tertiary/aromatic N) is 3. The van der Waals surface area contributed by atoms with Gasteiger partial charge in [0.2, 0.25) is 5.91 Å².